The number of benzene rings is 1. The van der Waals surface area contributed by atoms with E-state index in [-0.39, 0.29) is 30.1 Å². The molecule has 5 nitrogen and oxygen atoms in total. The van der Waals surface area contributed by atoms with Gasteiger partial charge in [-0.15, -0.1) is 6.58 Å². The van der Waals surface area contributed by atoms with Crippen molar-refractivity contribution < 1.29 is 17.9 Å². The smallest absolute Gasteiger partial charge is 0.261 e. The molecule has 1 aliphatic rings. The van der Waals surface area contributed by atoms with Crippen LogP contribution in [0.15, 0.2) is 30.9 Å². The second kappa shape index (κ2) is 7.17. The summed E-state index contributed by atoms with van der Waals surface area (Å²) in [5.41, 5.74) is 1.94. The normalized spacial score (nSPS) is 19.3. The summed E-state index contributed by atoms with van der Waals surface area (Å²) in [4.78, 5) is 14.0. The van der Waals surface area contributed by atoms with Gasteiger partial charge in [0.25, 0.3) is 5.91 Å². The molecule has 2 rings (SSSR count). The zero-order valence-electron chi connectivity index (χ0n) is 13.6. The Morgan fingerprint density at radius 1 is 1.39 bits per heavy atom. The average Bonchev–Trinajstić information content (AvgIpc) is 2.84. The first-order chi connectivity index (χ1) is 10.8. The number of carbonyl (C=O) groups excluding carboxylic acids is 1. The SMILES string of the molecule is C=CCN(C(=O)COc1c(C)cccc1C)C1CCS(=O)(=O)C1. The Kier molecular flexibility index (Phi) is 5.46. The minimum Gasteiger partial charge on any atom is -0.483 e. The van der Waals surface area contributed by atoms with Gasteiger partial charge >= 0.3 is 0 Å². The number of rotatable bonds is 6. The topological polar surface area (TPSA) is 63.7 Å². The number of nitrogens with zero attached hydrogens (tertiary/aromatic N) is 1. The fraction of sp³-hybridized carbons (Fsp3) is 0.471. The Hall–Kier alpha value is -1.82. The largest absolute Gasteiger partial charge is 0.483 e. The van der Waals surface area contributed by atoms with E-state index in [1.165, 1.54) is 0 Å². The van der Waals surface area contributed by atoms with Gasteiger partial charge in [-0.05, 0) is 31.4 Å². The molecule has 0 saturated carbocycles. The molecule has 126 valence electrons. The van der Waals surface area contributed by atoms with Crippen LogP contribution in [0.4, 0.5) is 0 Å². The minimum atomic E-state index is -3.04. The molecule has 23 heavy (non-hydrogen) atoms. The predicted molar refractivity (Wildman–Crippen MR) is 90.4 cm³/mol. The summed E-state index contributed by atoms with van der Waals surface area (Å²) >= 11 is 0. The first-order valence-corrected chi connectivity index (χ1v) is 9.46. The van der Waals surface area contributed by atoms with Gasteiger partial charge in [0, 0.05) is 12.6 Å². The Morgan fingerprint density at radius 3 is 2.57 bits per heavy atom. The molecule has 6 heteroatoms. The van der Waals surface area contributed by atoms with Crippen molar-refractivity contribution in [2.75, 3.05) is 24.7 Å². The molecule has 0 aliphatic carbocycles. The molecule has 1 unspecified atom stereocenters. The molecular weight excluding hydrogens is 314 g/mol. The number of aryl methyl sites for hydroxylation is 2. The zero-order chi connectivity index (χ0) is 17.0. The molecule has 0 spiro atoms. The molecule has 1 fully saturated rings. The summed E-state index contributed by atoms with van der Waals surface area (Å²) in [6, 6.07) is 5.51. The Labute approximate surface area is 137 Å². The number of amides is 1. The average molecular weight is 337 g/mol. The van der Waals surface area contributed by atoms with E-state index < -0.39 is 9.84 Å². The van der Waals surface area contributed by atoms with Crippen LogP contribution in [0.2, 0.25) is 0 Å². The molecule has 0 radical (unpaired) electrons. The van der Waals surface area contributed by atoms with Crippen molar-refractivity contribution in [2.45, 2.75) is 26.3 Å². The van der Waals surface area contributed by atoms with Crippen molar-refractivity contribution in [3.8, 4) is 5.75 Å². The van der Waals surface area contributed by atoms with Gasteiger partial charge in [-0.1, -0.05) is 24.3 Å². The molecule has 1 aromatic rings. The fourth-order valence-electron chi connectivity index (χ4n) is 2.86. The van der Waals surface area contributed by atoms with E-state index in [0.717, 1.165) is 11.1 Å². The standard InChI is InChI=1S/C17H23NO4S/c1-4-9-18(15-8-10-23(20,21)12-15)16(19)11-22-17-13(2)6-5-7-14(17)3/h4-7,15H,1,8-12H2,2-3H3. The van der Waals surface area contributed by atoms with Crippen molar-refractivity contribution >= 4 is 15.7 Å². The number of carbonyl (C=O) groups is 1. The van der Waals surface area contributed by atoms with Gasteiger partial charge in [-0.2, -0.15) is 0 Å². The maximum absolute atomic E-state index is 12.5. The summed E-state index contributed by atoms with van der Waals surface area (Å²) in [7, 11) is -3.04. The second-order valence-corrected chi connectivity index (χ2v) is 8.13. The summed E-state index contributed by atoms with van der Waals surface area (Å²) in [6.07, 6.45) is 2.09. The summed E-state index contributed by atoms with van der Waals surface area (Å²) in [5, 5.41) is 0. The third-order valence-corrected chi connectivity index (χ3v) is 5.79. The minimum absolute atomic E-state index is 0.0238. The molecule has 1 saturated heterocycles. The highest BCUT2D eigenvalue weighted by Gasteiger charge is 2.34. The van der Waals surface area contributed by atoms with E-state index in [9.17, 15) is 13.2 Å². The monoisotopic (exact) mass is 337 g/mol. The third kappa shape index (κ3) is 4.34. The van der Waals surface area contributed by atoms with Crippen LogP contribution in [0.1, 0.15) is 17.5 Å². The van der Waals surface area contributed by atoms with Crippen LogP contribution in [0.25, 0.3) is 0 Å². The van der Waals surface area contributed by atoms with Crippen LogP contribution in [-0.4, -0.2) is 49.9 Å². The number of ether oxygens (including phenoxy) is 1. The van der Waals surface area contributed by atoms with Crippen LogP contribution in [-0.2, 0) is 14.6 Å². The second-order valence-electron chi connectivity index (χ2n) is 5.90. The molecule has 1 aliphatic heterocycles. The van der Waals surface area contributed by atoms with Gasteiger partial charge in [-0.3, -0.25) is 4.79 Å². The van der Waals surface area contributed by atoms with Crippen molar-refractivity contribution in [3.63, 3.8) is 0 Å². The van der Waals surface area contributed by atoms with E-state index in [1.54, 1.807) is 11.0 Å². The predicted octanol–water partition coefficient (Wildman–Crippen LogP) is 1.88. The highest BCUT2D eigenvalue weighted by Crippen LogP contribution is 2.23. The molecule has 1 aromatic carbocycles. The summed E-state index contributed by atoms with van der Waals surface area (Å²) in [5.74, 6) is 0.653. The molecule has 0 bridgehead atoms. The van der Waals surface area contributed by atoms with Crippen molar-refractivity contribution in [1.82, 2.24) is 4.90 Å². The Bertz CT molecular complexity index is 676. The lowest BCUT2D eigenvalue weighted by Gasteiger charge is -2.27. The van der Waals surface area contributed by atoms with Gasteiger partial charge < -0.3 is 9.64 Å². The number of sulfone groups is 1. The van der Waals surface area contributed by atoms with Crippen molar-refractivity contribution in [2.24, 2.45) is 0 Å². The fourth-order valence-corrected chi connectivity index (χ4v) is 4.59. The molecule has 1 atom stereocenters. The van der Waals surface area contributed by atoms with Gasteiger partial charge in [0.05, 0.1) is 11.5 Å². The van der Waals surface area contributed by atoms with Crippen LogP contribution < -0.4 is 4.74 Å². The van der Waals surface area contributed by atoms with Gasteiger partial charge in [0.1, 0.15) is 5.75 Å². The zero-order valence-corrected chi connectivity index (χ0v) is 14.4. The molecular formula is C17H23NO4S. The highest BCUT2D eigenvalue weighted by molar-refractivity contribution is 7.91. The maximum Gasteiger partial charge on any atom is 0.261 e. The quantitative estimate of drug-likeness (QED) is 0.744. The number of hydrogen-bond donors (Lipinski definition) is 0. The summed E-state index contributed by atoms with van der Waals surface area (Å²) < 4.78 is 29.0. The van der Waals surface area contributed by atoms with E-state index in [0.29, 0.717) is 18.7 Å². The van der Waals surface area contributed by atoms with Crippen LogP contribution in [0.3, 0.4) is 0 Å². The first-order valence-electron chi connectivity index (χ1n) is 7.64. The van der Waals surface area contributed by atoms with E-state index >= 15 is 0 Å². The van der Waals surface area contributed by atoms with E-state index in [1.807, 2.05) is 32.0 Å². The van der Waals surface area contributed by atoms with Crippen molar-refractivity contribution in [1.29, 1.82) is 0 Å². The maximum atomic E-state index is 12.5. The molecule has 0 N–H and O–H groups in total. The van der Waals surface area contributed by atoms with Crippen LogP contribution >= 0.6 is 0 Å². The Morgan fingerprint density at radius 2 is 2.04 bits per heavy atom. The Balaban J connectivity index is 2.06. The van der Waals surface area contributed by atoms with Gasteiger partial charge in [0.2, 0.25) is 0 Å². The summed E-state index contributed by atoms with van der Waals surface area (Å²) in [6.45, 7) is 7.74. The van der Waals surface area contributed by atoms with Gasteiger partial charge in [-0.25, -0.2) is 8.42 Å². The van der Waals surface area contributed by atoms with Crippen LogP contribution in [0.5, 0.6) is 5.75 Å². The van der Waals surface area contributed by atoms with Gasteiger partial charge in [0.15, 0.2) is 16.4 Å². The van der Waals surface area contributed by atoms with Crippen molar-refractivity contribution in [3.05, 3.63) is 42.0 Å². The van der Waals surface area contributed by atoms with E-state index in [2.05, 4.69) is 6.58 Å². The van der Waals surface area contributed by atoms with E-state index in [4.69, 9.17) is 4.74 Å². The lowest BCUT2D eigenvalue weighted by atomic mass is 10.1. The highest BCUT2D eigenvalue weighted by atomic mass is 32.2. The number of hydrogen-bond acceptors (Lipinski definition) is 4. The van der Waals surface area contributed by atoms with Crippen LogP contribution in [0, 0.1) is 13.8 Å². The molecule has 1 amide bonds. The molecule has 1 heterocycles. The first kappa shape index (κ1) is 17.5. The molecule has 0 aromatic heterocycles. The lowest BCUT2D eigenvalue weighted by Crippen LogP contribution is -2.43. The number of para-hydroxylation sites is 1. The lowest BCUT2D eigenvalue weighted by molar-refractivity contribution is -0.134. The third-order valence-electron chi connectivity index (χ3n) is 4.04.